The van der Waals surface area contributed by atoms with Crippen molar-refractivity contribution in [3.05, 3.63) is 42.2 Å². The van der Waals surface area contributed by atoms with Crippen molar-refractivity contribution < 1.29 is 14.3 Å². The number of rotatable bonds is 4. The molecule has 6 heteroatoms. The summed E-state index contributed by atoms with van der Waals surface area (Å²) in [5, 5.41) is 4.27. The van der Waals surface area contributed by atoms with Crippen LogP contribution in [0.4, 0.5) is 0 Å². The average molecular weight is 341 g/mol. The van der Waals surface area contributed by atoms with E-state index in [-0.39, 0.29) is 17.9 Å². The summed E-state index contributed by atoms with van der Waals surface area (Å²) in [5.74, 6) is 1.46. The Morgan fingerprint density at radius 1 is 1.32 bits per heavy atom. The first-order valence-corrected chi connectivity index (χ1v) is 8.90. The van der Waals surface area contributed by atoms with Crippen LogP contribution in [0.25, 0.3) is 0 Å². The van der Waals surface area contributed by atoms with E-state index in [4.69, 9.17) is 9.47 Å². The first-order valence-electron chi connectivity index (χ1n) is 8.90. The lowest BCUT2D eigenvalue weighted by Gasteiger charge is -2.28. The van der Waals surface area contributed by atoms with Crippen molar-refractivity contribution in [1.82, 2.24) is 14.7 Å². The van der Waals surface area contributed by atoms with E-state index in [1.165, 1.54) is 0 Å². The number of aromatic nitrogens is 2. The molecule has 0 saturated carbocycles. The first-order chi connectivity index (χ1) is 12.2. The summed E-state index contributed by atoms with van der Waals surface area (Å²) in [6, 6.07) is 7.94. The molecule has 0 radical (unpaired) electrons. The van der Waals surface area contributed by atoms with Gasteiger partial charge in [-0.1, -0.05) is 6.07 Å². The monoisotopic (exact) mass is 341 g/mol. The third-order valence-electron chi connectivity index (χ3n) is 5.05. The van der Waals surface area contributed by atoms with Gasteiger partial charge in [-0.2, -0.15) is 5.10 Å². The SMILES string of the molecule is CC(C(=O)N1CCCC1Cn1cccn1)c1ccc2c(c1)OCCO2. The van der Waals surface area contributed by atoms with Gasteiger partial charge in [0.15, 0.2) is 11.5 Å². The third kappa shape index (κ3) is 3.21. The minimum absolute atomic E-state index is 0.173. The molecule has 0 bridgehead atoms. The molecule has 132 valence electrons. The molecule has 2 aliphatic heterocycles. The number of fused-ring (bicyclic) bond motifs is 1. The quantitative estimate of drug-likeness (QED) is 0.857. The molecule has 2 atom stereocenters. The van der Waals surface area contributed by atoms with Crippen molar-refractivity contribution in [1.29, 1.82) is 0 Å². The van der Waals surface area contributed by atoms with Crippen LogP contribution in [0.3, 0.4) is 0 Å². The second-order valence-electron chi connectivity index (χ2n) is 6.68. The molecule has 3 heterocycles. The lowest BCUT2D eigenvalue weighted by atomic mass is 9.98. The lowest BCUT2D eigenvalue weighted by molar-refractivity contribution is -0.133. The number of carbonyl (C=O) groups is 1. The van der Waals surface area contributed by atoms with E-state index in [1.54, 1.807) is 6.20 Å². The molecule has 2 aliphatic rings. The average Bonchev–Trinajstić information content (AvgIpc) is 3.32. The van der Waals surface area contributed by atoms with Gasteiger partial charge in [0.25, 0.3) is 0 Å². The Labute approximate surface area is 147 Å². The maximum atomic E-state index is 13.1. The second-order valence-corrected chi connectivity index (χ2v) is 6.68. The fourth-order valence-corrected chi connectivity index (χ4v) is 3.66. The van der Waals surface area contributed by atoms with E-state index in [2.05, 4.69) is 5.10 Å². The van der Waals surface area contributed by atoms with Crippen LogP contribution in [0.1, 0.15) is 31.2 Å². The molecule has 6 nitrogen and oxygen atoms in total. The normalized spacial score (nSPS) is 20.5. The van der Waals surface area contributed by atoms with Crippen molar-refractivity contribution in [2.75, 3.05) is 19.8 Å². The summed E-state index contributed by atoms with van der Waals surface area (Å²) >= 11 is 0. The predicted molar refractivity (Wildman–Crippen MR) is 92.8 cm³/mol. The molecular formula is C19H23N3O3. The molecule has 25 heavy (non-hydrogen) atoms. The zero-order chi connectivity index (χ0) is 17.2. The molecule has 2 unspecified atom stereocenters. The summed E-state index contributed by atoms with van der Waals surface area (Å²) < 4.78 is 13.1. The molecule has 2 aromatic rings. The summed E-state index contributed by atoms with van der Waals surface area (Å²) in [6.45, 7) is 4.67. The Bertz CT molecular complexity index is 744. The second kappa shape index (κ2) is 6.78. The van der Waals surface area contributed by atoms with E-state index < -0.39 is 0 Å². The molecular weight excluding hydrogens is 318 g/mol. The highest BCUT2D eigenvalue weighted by Crippen LogP contribution is 2.34. The maximum absolute atomic E-state index is 13.1. The molecule has 1 saturated heterocycles. The van der Waals surface area contributed by atoms with Crippen LogP contribution in [0.2, 0.25) is 0 Å². The van der Waals surface area contributed by atoms with E-state index in [1.807, 2.05) is 47.0 Å². The standard InChI is InChI=1S/C19H23N3O3/c1-14(15-5-6-17-18(12-15)25-11-10-24-17)19(23)22-9-2-4-16(22)13-21-8-3-7-20-21/h3,5-8,12,14,16H,2,4,9-11,13H2,1H3. The van der Waals surface area contributed by atoms with Crippen molar-refractivity contribution in [3.63, 3.8) is 0 Å². The van der Waals surface area contributed by atoms with Crippen molar-refractivity contribution >= 4 is 5.91 Å². The Kier molecular flexibility index (Phi) is 4.34. The fraction of sp³-hybridized carbons (Fsp3) is 0.474. The summed E-state index contributed by atoms with van der Waals surface area (Å²) in [5.41, 5.74) is 0.971. The van der Waals surface area contributed by atoms with Crippen molar-refractivity contribution in [2.45, 2.75) is 38.3 Å². The summed E-state index contributed by atoms with van der Waals surface area (Å²) in [4.78, 5) is 15.1. The Morgan fingerprint density at radius 3 is 2.96 bits per heavy atom. The number of hydrogen-bond acceptors (Lipinski definition) is 4. The largest absolute Gasteiger partial charge is 0.486 e. The molecule has 1 aromatic heterocycles. The summed E-state index contributed by atoms with van der Waals surface area (Å²) in [7, 11) is 0. The Morgan fingerprint density at radius 2 is 2.16 bits per heavy atom. The molecule has 0 spiro atoms. The number of ether oxygens (including phenoxy) is 2. The molecule has 4 rings (SSSR count). The van der Waals surface area contributed by atoms with E-state index >= 15 is 0 Å². The summed E-state index contributed by atoms with van der Waals surface area (Å²) in [6.07, 6.45) is 5.80. The van der Waals surface area contributed by atoms with Gasteiger partial charge in [-0.05, 0) is 43.5 Å². The molecule has 0 aliphatic carbocycles. The lowest BCUT2D eigenvalue weighted by Crippen LogP contribution is -2.40. The van der Waals surface area contributed by atoms with Gasteiger partial charge >= 0.3 is 0 Å². The molecule has 1 aromatic carbocycles. The van der Waals surface area contributed by atoms with Gasteiger partial charge in [0, 0.05) is 18.9 Å². The minimum Gasteiger partial charge on any atom is -0.486 e. The van der Waals surface area contributed by atoms with Gasteiger partial charge in [-0.25, -0.2) is 0 Å². The highest BCUT2D eigenvalue weighted by Gasteiger charge is 2.32. The van der Waals surface area contributed by atoms with Crippen LogP contribution in [0.15, 0.2) is 36.7 Å². The zero-order valence-corrected chi connectivity index (χ0v) is 14.4. The van der Waals surface area contributed by atoms with Crippen LogP contribution >= 0.6 is 0 Å². The zero-order valence-electron chi connectivity index (χ0n) is 14.4. The van der Waals surface area contributed by atoms with Gasteiger partial charge in [0.05, 0.1) is 18.5 Å². The van der Waals surface area contributed by atoms with Gasteiger partial charge in [-0.15, -0.1) is 0 Å². The topological polar surface area (TPSA) is 56.6 Å². The van der Waals surface area contributed by atoms with Crippen LogP contribution in [0, 0.1) is 0 Å². The number of amides is 1. The Balaban J connectivity index is 1.49. The highest BCUT2D eigenvalue weighted by molar-refractivity contribution is 5.84. The van der Waals surface area contributed by atoms with Gasteiger partial charge < -0.3 is 14.4 Å². The number of carbonyl (C=O) groups excluding carboxylic acids is 1. The van der Waals surface area contributed by atoms with Crippen LogP contribution in [-0.4, -0.2) is 46.4 Å². The predicted octanol–water partition coefficient (Wildman–Crippen LogP) is 2.45. The number of likely N-dealkylation sites (tertiary alicyclic amines) is 1. The minimum atomic E-state index is -0.200. The molecule has 1 fully saturated rings. The Hall–Kier alpha value is -2.50. The smallest absolute Gasteiger partial charge is 0.230 e. The third-order valence-corrected chi connectivity index (χ3v) is 5.05. The molecule has 1 amide bonds. The van der Waals surface area contributed by atoms with Gasteiger partial charge in [0.2, 0.25) is 5.91 Å². The number of benzene rings is 1. The van der Waals surface area contributed by atoms with E-state index in [9.17, 15) is 4.79 Å². The van der Waals surface area contributed by atoms with Crippen molar-refractivity contribution in [3.8, 4) is 11.5 Å². The van der Waals surface area contributed by atoms with Crippen LogP contribution in [0.5, 0.6) is 11.5 Å². The van der Waals surface area contributed by atoms with Gasteiger partial charge in [-0.3, -0.25) is 9.48 Å². The van der Waals surface area contributed by atoms with Gasteiger partial charge in [0.1, 0.15) is 13.2 Å². The molecule has 0 N–H and O–H groups in total. The van der Waals surface area contributed by atoms with E-state index in [0.29, 0.717) is 13.2 Å². The van der Waals surface area contributed by atoms with Crippen molar-refractivity contribution in [2.24, 2.45) is 0 Å². The highest BCUT2D eigenvalue weighted by atomic mass is 16.6. The maximum Gasteiger partial charge on any atom is 0.230 e. The van der Waals surface area contributed by atoms with Crippen LogP contribution < -0.4 is 9.47 Å². The number of nitrogens with zero attached hydrogens (tertiary/aromatic N) is 3. The first kappa shape index (κ1) is 16.0. The van der Waals surface area contributed by atoms with Crippen LogP contribution in [-0.2, 0) is 11.3 Å². The fourth-order valence-electron chi connectivity index (χ4n) is 3.66. The number of hydrogen-bond donors (Lipinski definition) is 0. The van der Waals surface area contributed by atoms with E-state index in [0.717, 1.165) is 43.0 Å².